The van der Waals surface area contributed by atoms with Crippen molar-refractivity contribution in [2.75, 3.05) is 40.0 Å². The van der Waals surface area contributed by atoms with Crippen molar-refractivity contribution in [2.24, 2.45) is 0 Å². The Hall–Kier alpha value is -1.21. The fourth-order valence-corrected chi connectivity index (χ4v) is 2.23. The second-order valence-corrected chi connectivity index (χ2v) is 5.22. The second kappa shape index (κ2) is 7.70. The van der Waals surface area contributed by atoms with E-state index in [4.69, 9.17) is 14.2 Å². The molecule has 0 aliphatic carbocycles. The van der Waals surface area contributed by atoms with Gasteiger partial charge in [-0.2, -0.15) is 0 Å². The van der Waals surface area contributed by atoms with Crippen LogP contribution in [0.2, 0.25) is 0 Å². The van der Waals surface area contributed by atoms with E-state index in [9.17, 15) is 9.50 Å². The maximum absolute atomic E-state index is 13.3. The average molecular weight is 299 g/mol. The van der Waals surface area contributed by atoms with E-state index >= 15 is 0 Å². The second-order valence-electron chi connectivity index (χ2n) is 5.22. The molecule has 6 heteroatoms. The van der Waals surface area contributed by atoms with Crippen molar-refractivity contribution in [3.8, 4) is 5.75 Å². The molecule has 0 radical (unpaired) electrons. The zero-order valence-electron chi connectivity index (χ0n) is 12.2. The molecule has 0 bridgehead atoms. The number of para-hydroxylation sites is 1. The van der Waals surface area contributed by atoms with Gasteiger partial charge in [0, 0.05) is 33.2 Å². The van der Waals surface area contributed by atoms with Crippen molar-refractivity contribution in [2.45, 2.75) is 18.1 Å². The molecule has 2 atom stereocenters. The van der Waals surface area contributed by atoms with Crippen LogP contribution in [-0.4, -0.2) is 56.8 Å². The van der Waals surface area contributed by atoms with Gasteiger partial charge in [-0.1, -0.05) is 12.1 Å². The number of aliphatic hydroxyl groups is 1. The van der Waals surface area contributed by atoms with Crippen molar-refractivity contribution in [3.63, 3.8) is 0 Å². The molecule has 2 N–H and O–H groups in total. The van der Waals surface area contributed by atoms with Gasteiger partial charge >= 0.3 is 0 Å². The first kappa shape index (κ1) is 16.2. The highest BCUT2D eigenvalue weighted by Gasteiger charge is 2.34. The first-order valence-electron chi connectivity index (χ1n) is 7.04. The molecular formula is C15H22FNO4. The van der Waals surface area contributed by atoms with E-state index in [1.165, 1.54) is 12.1 Å². The van der Waals surface area contributed by atoms with E-state index in [2.05, 4.69) is 5.32 Å². The van der Waals surface area contributed by atoms with Crippen LogP contribution in [0.15, 0.2) is 24.3 Å². The van der Waals surface area contributed by atoms with Gasteiger partial charge in [-0.15, -0.1) is 0 Å². The lowest BCUT2D eigenvalue weighted by molar-refractivity contribution is -0.0180. The van der Waals surface area contributed by atoms with Crippen LogP contribution in [0, 0.1) is 5.82 Å². The first-order chi connectivity index (χ1) is 10.2. The van der Waals surface area contributed by atoms with Crippen LogP contribution < -0.4 is 10.1 Å². The van der Waals surface area contributed by atoms with Crippen molar-refractivity contribution < 1.29 is 23.7 Å². The minimum atomic E-state index is -0.721. The number of benzene rings is 1. The number of rotatable bonds is 8. The van der Waals surface area contributed by atoms with Crippen LogP contribution in [0.4, 0.5) is 4.39 Å². The molecule has 2 rings (SSSR count). The van der Waals surface area contributed by atoms with E-state index in [-0.39, 0.29) is 18.0 Å². The lowest BCUT2D eigenvalue weighted by atomic mass is 10.0. The zero-order valence-corrected chi connectivity index (χ0v) is 12.2. The summed E-state index contributed by atoms with van der Waals surface area (Å²) in [4.78, 5) is 0. The zero-order chi connectivity index (χ0) is 15.1. The number of aliphatic hydroxyl groups excluding tert-OH is 1. The van der Waals surface area contributed by atoms with Crippen molar-refractivity contribution in [3.05, 3.63) is 30.1 Å². The molecule has 0 spiro atoms. The Morgan fingerprint density at radius 2 is 2.29 bits per heavy atom. The van der Waals surface area contributed by atoms with Crippen molar-refractivity contribution in [1.82, 2.24) is 5.32 Å². The highest BCUT2D eigenvalue weighted by molar-refractivity contribution is 5.23. The quantitative estimate of drug-likeness (QED) is 0.749. The summed E-state index contributed by atoms with van der Waals surface area (Å²) in [7, 11) is 1.66. The maximum Gasteiger partial charge on any atom is 0.165 e. The van der Waals surface area contributed by atoms with Gasteiger partial charge in [-0.3, -0.25) is 0 Å². The monoisotopic (exact) mass is 299 g/mol. The van der Waals surface area contributed by atoms with E-state index in [1.54, 1.807) is 19.2 Å². The fourth-order valence-electron chi connectivity index (χ4n) is 2.23. The fraction of sp³-hybridized carbons (Fsp3) is 0.600. The third kappa shape index (κ3) is 4.64. The van der Waals surface area contributed by atoms with Gasteiger partial charge < -0.3 is 24.6 Å². The SMILES string of the molecule is COC1(CNCC(O)COc2ccccc2F)CCOC1. The Morgan fingerprint density at radius 1 is 1.48 bits per heavy atom. The minimum absolute atomic E-state index is 0.0322. The average Bonchev–Trinajstić information content (AvgIpc) is 2.96. The molecule has 0 saturated carbocycles. The van der Waals surface area contributed by atoms with Gasteiger partial charge in [-0.25, -0.2) is 4.39 Å². The summed E-state index contributed by atoms with van der Waals surface area (Å²) in [6.45, 7) is 2.22. The minimum Gasteiger partial charge on any atom is -0.488 e. The van der Waals surface area contributed by atoms with Gasteiger partial charge in [-0.05, 0) is 12.1 Å². The molecular weight excluding hydrogens is 277 g/mol. The molecule has 0 aromatic heterocycles. The van der Waals surface area contributed by atoms with Crippen LogP contribution in [0.25, 0.3) is 0 Å². The van der Waals surface area contributed by atoms with E-state index in [0.29, 0.717) is 26.3 Å². The summed E-state index contributed by atoms with van der Waals surface area (Å²) in [5, 5.41) is 13.0. The highest BCUT2D eigenvalue weighted by Crippen LogP contribution is 2.21. The van der Waals surface area contributed by atoms with Gasteiger partial charge in [0.25, 0.3) is 0 Å². The van der Waals surface area contributed by atoms with Crippen LogP contribution >= 0.6 is 0 Å². The van der Waals surface area contributed by atoms with Crippen LogP contribution in [0.5, 0.6) is 5.75 Å². The molecule has 1 heterocycles. The summed E-state index contributed by atoms with van der Waals surface area (Å²) >= 11 is 0. The normalized spacial score (nSPS) is 23.2. The number of hydrogen-bond donors (Lipinski definition) is 2. The summed E-state index contributed by atoms with van der Waals surface area (Å²) in [6.07, 6.45) is 0.110. The molecule has 21 heavy (non-hydrogen) atoms. The standard InChI is InChI=1S/C15H22FNO4/c1-19-15(6-7-20-11-15)10-17-8-12(18)9-21-14-5-3-2-4-13(14)16/h2-5,12,17-18H,6-11H2,1H3. The lowest BCUT2D eigenvalue weighted by Crippen LogP contribution is -2.45. The molecule has 1 aliphatic heterocycles. The maximum atomic E-state index is 13.3. The van der Waals surface area contributed by atoms with E-state index < -0.39 is 11.9 Å². The largest absolute Gasteiger partial charge is 0.488 e. The molecule has 0 amide bonds. The molecule has 1 aromatic carbocycles. The third-order valence-corrected chi connectivity index (χ3v) is 3.60. The van der Waals surface area contributed by atoms with E-state index in [1.807, 2.05) is 0 Å². The molecule has 118 valence electrons. The number of methoxy groups -OCH3 is 1. The van der Waals surface area contributed by atoms with Gasteiger partial charge in [0.15, 0.2) is 11.6 Å². The predicted octanol–water partition coefficient (Wildman–Crippen LogP) is 0.960. The highest BCUT2D eigenvalue weighted by atomic mass is 19.1. The molecule has 5 nitrogen and oxygen atoms in total. The summed E-state index contributed by atoms with van der Waals surface area (Å²) in [5.74, 6) is -0.284. The number of ether oxygens (including phenoxy) is 3. The number of hydrogen-bond acceptors (Lipinski definition) is 5. The lowest BCUT2D eigenvalue weighted by Gasteiger charge is -2.26. The topological polar surface area (TPSA) is 60.0 Å². The molecule has 1 fully saturated rings. The number of halogens is 1. The Labute approximate surface area is 124 Å². The summed E-state index contributed by atoms with van der Waals surface area (Å²) < 4.78 is 29.4. The third-order valence-electron chi connectivity index (χ3n) is 3.60. The van der Waals surface area contributed by atoms with E-state index in [0.717, 1.165) is 6.42 Å². The summed E-state index contributed by atoms with van der Waals surface area (Å²) in [6, 6.07) is 6.13. The molecule has 1 aromatic rings. The smallest absolute Gasteiger partial charge is 0.165 e. The molecule has 2 unspecified atom stereocenters. The molecule has 1 saturated heterocycles. The Bertz CT molecular complexity index is 437. The Morgan fingerprint density at radius 3 is 2.95 bits per heavy atom. The number of nitrogens with one attached hydrogen (secondary N) is 1. The summed E-state index contributed by atoms with van der Waals surface area (Å²) in [5.41, 5.74) is -0.313. The first-order valence-corrected chi connectivity index (χ1v) is 7.04. The van der Waals surface area contributed by atoms with Gasteiger partial charge in [0.05, 0.1) is 6.61 Å². The van der Waals surface area contributed by atoms with Crippen LogP contribution in [0.3, 0.4) is 0 Å². The van der Waals surface area contributed by atoms with Crippen molar-refractivity contribution >= 4 is 0 Å². The molecule has 1 aliphatic rings. The predicted molar refractivity (Wildman–Crippen MR) is 75.9 cm³/mol. The van der Waals surface area contributed by atoms with Crippen LogP contribution in [0.1, 0.15) is 6.42 Å². The Balaban J connectivity index is 1.68. The van der Waals surface area contributed by atoms with Gasteiger partial charge in [0.1, 0.15) is 18.3 Å². The van der Waals surface area contributed by atoms with Crippen molar-refractivity contribution in [1.29, 1.82) is 0 Å². The van der Waals surface area contributed by atoms with Crippen LogP contribution in [-0.2, 0) is 9.47 Å². The Kier molecular flexibility index (Phi) is 5.93. The van der Waals surface area contributed by atoms with Gasteiger partial charge in [0.2, 0.25) is 0 Å².